The Balaban J connectivity index is 2.19. The molecule has 0 fully saturated rings. The summed E-state index contributed by atoms with van der Waals surface area (Å²) in [7, 11) is 3.42. The normalized spacial score (nSPS) is 10.6. The molecular weight excluding hydrogens is 308 g/mol. The van der Waals surface area contributed by atoms with Gasteiger partial charge in [-0.2, -0.15) is 0 Å². The topological polar surface area (TPSA) is 18.5 Å². The lowest BCUT2D eigenvalue weighted by atomic mass is 9.92. The minimum Gasteiger partial charge on any atom is -0.497 e. The fourth-order valence-electron chi connectivity index (χ4n) is 3.21. The summed E-state index contributed by atoms with van der Waals surface area (Å²) in [6.07, 6.45) is 0. The molecule has 0 aliphatic carbocycles. The van der Waals surface area contributed by atoms with Crippen LogP contribution < -0.4 is 9.47 Å². The highest BCUT2D eigenvalue weighted by Crippen LogP contribution is 2.39. The molecule has 3 aromatic rings. The monoisotopic (exact) mass is 332 g/mol. The van der Waals surface area contributed by atoms with E-state index in [1.807, 2.05) is 6.07 Å². The summed E-state index contributed by atoms with van der Waals surface area (Å²) in [5.74, 6) is 1.72. The fourth-order valence-corrected chi connectivity index (χ4v) is 3.21. The maximum Gasteiger partial charge on any atom is 0.127 e. The van der Waals surface area contributed by atoms with Gasteiger partial charge in [0.2, 0.25) is 0 Å². The smallest absolute Gasteiger partial charge is 0.127 e. The second kappa shape index (κ2) is 7.02. The van der Waals surface area contributed by atoms with E-state index >= 15 is 0 Å². The molecule has 0 heterocycles. The van der Waals surface area contributed by atoms with Crippen LogP contribution in [-0.4, -0.2) is 14.2 Å². The second-order valence-corrected chi connectivity index (χ2v) is 6.42. The first kappa shape index (κ1) is 17.1. The highest BCUT2D eigenvalue weighted by atomic mass is 16.5. The summed E-state index contributed by atoms with van der Waals surface area (Å²) >= 11 is 0. The van der Waals surface area contributed by atoms with Crippen molar-refractivity contribution in [2.75, 3.05) is 14.2 Å². The van der Waals surface area contributed by atoms with Crippen molar-refractivity contribution in [2.24, 2.45) is 0 Å². The minimum absolute atomic E-state index is 0.850. The van der Waals surface area contributed by atoms with E-state index in [2.05, 4.69) is 69.3 Å². The van der Waals surface area contributed by atoms with Crippen molar-refractivity contribution in [3.8, 4) is 33.8 Å². The van der Waals surface area contributed by atoms with Crippen LogP contribution in [0, 0.1) is 20.8 Å². The molecule has 0 atom stereocenters. The Hall–Kier alpha value is -2.74. The van der Waals surface area contributed by atoms with Gasteiger partial charge in [0, 0.05) is 5.56 Å². The Morgan fingerprint density at radius 3 is 2.12 bits per heavy atom. The molecule has 0 saturated carbocycles. The van der Waals surface area contributed by atoms with Gasteiger partial charge in [-0.05, 0) is 72.9 Å². The molecule has 0 N–H and O–H groups in total. The third-order valence-corrected chi connectivity index (χ3v) is 4.61. The molecule has 0 spiro atoms. The summed E-state index contributed by atoms with van der Waals surface area (Å²) in [6.45, 7) is 6.37. The summed E-state index contributed by atoms with van der Waals surface area (Å²) < 4.78 is 11.1. The van der Waals surface area contributed by atoms with Crippen LogP contribution in [0.1, 0.15) is 16.7 Å². The maximum absolute atomic E-state index is 5.73. The van der Waals surface area contributed by atoms with Crippen molar-refractivity contribution in [3.63, 3.8) is 0 Å². The third kappa shape index (κ3) is 3.39. The van der Waals surface area contributed by atoms with Crippen molar-refractivity contribution in [1.82, 2.24) is 0 Å². The van der Waals surface area contributed by atoms with Crippen molar-refractivity contribution < 1.29 is 9.47 Å². The summed E-state index contributed by atoms with van der Waals surface area (Å²) in [6, 6.07) is 19.0. The third-order valence-electron chi connectivity index (χ3n) is 4.61. The highest BCUT2D eigenvalue weighted by molar-refractivity contribution is 5.81. The molecule has 0 aliphatic rings. The summed E-state index contributed by atoms with van der Waals surface area (Å²) in [5.41, 5.74) is 8.31. The van der Waals surface area contributed by atoms with E-state index in [9.17, 15) is 0 Å². The molecule has 0 bridgehead atoms. The summed E-state index contributed by atoms with van der Waals surface area (Å²) in [5, 5.41) is 0. The van der Waals surface area contributed by atoms with Crippen LogP contribution in [0.4, 0.5) is 0 Å². The van der Waals surface area contributed by atoms with Crippen LogP contribution >= 0.6 is 0 Å². The predicted molar refractivity (Wildman–Crippen MR) is 105 cm³/mol. The zero-order valence-electron chi connectivity index (χ0n) is 15.5. The van der Waals surface area contributed by atoms with E-state index in [1.54, 1.807) is 14.2 Å². The van der Waals surface area contributed by atoms with E-state index in [0.29, 0.717) is 0 Å². The van der Waals surface area contributed by atoms with Crippen molar-refractivity contribution in [3.05, 3.63) is 71.3 Å². The predicted octanol–water partition coefficient (Wildman–Crippen LogP) is 5.96. The molecule has 3 rings (SSSR count). The molecule has 0 saturated heterocycles. The Morgan fingerprint density at radius 1 is 0.640 bits per heavy atom. The SMILES string of the molecule is COc1ccc(C)c(-c2cc(C)c(-c3cccc(C)c3)cc2OC)c1. The standard InChI is InChI=1S/C23H24O2/c1-15-7-6-8-18(11-15)20-14-23(25-5)22(12-17(20)3)21-13-19(24-4)10-9-16(21)2/h6-14H,1-5H3. The highest BCUT2D eigenvalue weighted by Gasteiger charge is 2.14. The molecule has 2 nitrogen and oxygen atoms in total. The molecule has 2 heteroatoms. The van der Waals surface area contributed by atoms with Gasteiger partial charge in [-0.25, -0.2) is 0 Å². The van der Waals surface area contributed by atoms with Gasteiger partial charge in [0.05, 0.1) is 14.2 Å². The van der Waals surface area contributed by atoms with Gasteiger partial charge < -0.3 is 9.47 Å². The second-order valence-electron chi connectivity index (χ2n) is 6.42. The number of rotatable bonds is 4. The van der Waals surface area contributed by atoms with Gasteiger partial charge in [-0.3, -0.25) is 0 Å². The van der Waals surface area contributed by atoms with Crippen LogP contribution in [0.25, 0.3) is 22.3 Å². The number of ether oxygens (including phenoxy) is 2. The number of hydrogen-bond donors (Lipinski definition) is 0. The van der Waals surface area contributed by atoms with Crippen LogP contribution in [0.15, 0.2) is 54.6 Å². The van der Waals surface area contributed by atoms with Crippen molar-refractivity contribution in [2.45, 2.75) is 20.8 Å². The number of aryl methyl sites for hydroxylation is 3. The molecule has 3 aromatic carbocycles. The molecular formula is C23H24O2. The van der Waals surface area contributed by atoms with Crippen LogP contribution in [0.3, 0.4) is 0 Å². The van der Waals surface area contributed by atoms with E-state index < -0.39 is 0 Å². The van der Waals surface area contributed by atoms with Crippen LogP contribution in [-0.2, 0) is 0 Å². The number of methoxy groups -OCH3 is 2. The molecule has 0 aromatic heterocycles. The van der Waals surface area contributed by atoms with Gasteiger partial charge in [0.25, 0.3) is 0 Å². The van der Waals surface area contributed by atoms with Crippen LogP contribution in [0.2, 0.25) is 0 Å². The minimum atomic E-state index is 0.850. The lowest BCUT2D eigenvalue weighted by molar-refractivity contribution is 0.413. The lowest BCUT2D eigenvalue weighted by Crippen LogP contribution is -1.95. The molecule has 25 heavy (non-hydrogen) atoms. The average molecular weight is 332 g/mol. The molecule has 0 unspecified atom stereocenters. The lowest BCUT2D eigenvalue weighted by Gasteiger charge is -2.16. The van der Waals surface area contributed by atoms with E-state index in [1.165, 1.54) is 27.8 Å². The van der Waals surface area contributed by atoms with Gasteiger partial charge in [-0.15, -0.1) is 0 Å². The van der Waals surface area contributed by atoms with E-state index in [4.69, 9.17) is 9.47 Å². The van der Waals surface area contributed by atoms with Crippen molar-refractivity contribution >= 4 is 0 Å². The van der Waals surface area contributed by atoms with Gasteiger partial charge in [0.1, 0.15) is 11.5 Å². The maximum atomic E-state index is 5.73. The van der Waals surface area contributed by atoms with Gasteiger partial charge in [-0.1, -0.05) is 35.9 Å². The number of hydrogen-bond acceptors (Lipinski definition) is 2. The first-order valence-electron chi connectivity index (χ1n) is 8.44. The molecule has 0 amide bonds. The average Bonchev–Trinajstić information content (AvgIpc) is 2.62. The first-order chi connectivity index (χ1) is 12.0. The van der Waals surface area contributed by atoms with Crippen molar-refractivity contribution in [1.29, 1.82) is 0 Å². The van der Waals surface area contributed by atoms with Gasteiger partial charge in [0.15, 0.2) is 0 Å². The fraction of sp³-hybridized carbons (Fsp3) is 0.217. The Kier molecular flexibility index (Phi) is 4.80. The first-order valence-corrected chi connectivity index (χ1v) is 8.44. The molecule has 0 radical (unpaired) electrons. The summed E-state index contributed by atoms with van der Waals surface area (Å²) in [4.78, 5) is 0. The zero-order chi connectivity index (χ0) is 18.0. The molecule has 0 aliphatic heterocycles. The molecule has 128 valence electrons. The zero-order valence-corrected chi connectivity index (χ0v) is 15.5. The van der Waals surface area contributed by atoms with E-state index in [-0.39, 0.29) is 0 Å². The Bertz CT molecular complexity index is 910. The quantitative estimate of drug-likeness (QED) is 0.586. The van der Waals surface area contributed by atoms with Gasteiger partial charge >= 0.3 is 0 Å². The van der Waals surface area contributed by atoms with E-state index in [0.717, 1.165) is 22.6 Å². The largest absolute Gasteiger partial charge is 0.497 e. The van der Waals surface area contributed by atoms with Crippen LogP contribution in [0.5, 0.6) is 11.5 Å². The Morgan fingerprint density at radius 2 is 1.44 bits per heavy atom. The number of benzene rings is 3. The Labute approximate surface area is 150 Å².